The quantitative estimate of drug-likeness (QED) is 0.0222. The van der Waals surface area contributed by atoms with E-state index in [1.165, 1.54) is 173 Å². The van der Waals surface area contributed by atoms with Gasteiger partial charge in [0.2, 0.25) is 0 Å². The molecule has 0 fully saturated rings. The summed E-state index contributed by atoms with van der Waals surface area (Å²) < 4.78 is 68.2. The van der Waals surface area contributed by atoms with Gasteiger partial charge in [-0.15, -0.1) is 0 Å². The van der Waals surface area contributed by atoms with Crippen LogP contribution in [0.4, 0.5) is 0 Å². The first-order valence-electron chi connectivity index (χ1n) is 35.7. The average molecular weight is 1280 g/mol. The Morgan fingerprint density at radius 3 is 0.816 bits per heavy atom. The average Bonchev–Trinajstić information content (AvgIpc) is 3.71. The van der Waals surface area contributed by atoms with E-state index in [0.717, 1.165) is 95.8 Å². The van der Waals surface area contributed by atoms with Crippen LogP contribution >= 0.6 is 15.6 Å². The monoisotopic (exact) mass is 1280 g/mol. The number of phosphoric acid groups is 2. The summed E-state index contributed by atoms with van der Waals surface area (Å²) in [4.78, 5) is 72.4. The van der Waals surface area contributed by atoms with E-state index in [1.54, 1.807) is 0 Å². The van der Waals surface area contributed by atoms with Crippen molar-refractivity contribution in [2.45, 2.75) is 368 Å². The van der Waals surface area contributed by atoms with Crippen LogP contribution in [-0.2, 0) is 65.4 Å². The molecule has 6 atom stereocenters. The molecule has 17 nitrogen and oxygen atoms in total. The summed E-state index contributed by atoms with van der Waals surface area (Å²) in [5, 5.41) is 10.6. The summed E-state index contributed by atoms with van der Waals surface area (Å²) in [7, 11) is -9.89. The zero-order chi connectivity index (χ0) is 64.2. The van der Waals surface area contributed by atoms with Gasteiger partial charge in [-0.3, -0.25) is 37.3 Å². The van der Waals surface area contributed by atoms with Gasteiger partial charge in [0.1, 0.15) is 19.3 Å². The lowest BCUT2D eigenvalue weighted by Crippen LogP contribution is -2.30. The highest BCUT2D eigenvalue weighted by Crippen LogP contribution is 2.45. The van der Waals surface area contributed by atoms with E-state index in [9.17, 15) is 43.2 Å². The van der Waals surface area contributed by atoms with Crippen molar-refractivity contribution in [2.75, 3.05) is 39.6 Å². The van der Waals surface area contributed by atoms with Gasteiger partial charge in [0.25, 0.3) is 0 Å². The molecule has 0 aromatic heterocycles. The second-order valence-corrected chi connectivity index (χ2v) is 27.7. The van der Waals surface area contributed by atoms with Crippen LogP contribution in [0.25, 0.3) is 0 Å². The van der Waals surface area contributed by atoms with Crippen LogP contribution in [0.2, 0.25) is 0 Å². The van der Waals surface area contributed by atoms with E-state index in [-0.39, 0.29) is 25.7 Å². The summed E-state index contributed by atoms with van der Waals surface area (Å²) >= 11 is 0. The number of hydrogen-bond acceptors (Lipinski definition) is 15. The van der Waals surface area contributed by atoms with Gasteiger partial charge in [-0.05, 0) is 31.6 Å². The molecule has 0 heterocycles. The standard InChI is InChI=1S/C68H132O17P2/c1-6-10-13-16-19-22-24-26-27-29-32-39-44-49-54-68(73)85-64(58-79-66(71)52-47-42-37-34-33-35-40-45-50-61(5)9-4)60-83-87(76,77)81-56-62(69)55-80-86(74,75)82-59-63(57-78-65(70)51-46-41-36-30-21-18-15-12-8-3)84-67(72)53-48-43-38-31-28-25-23-20-17-14-11-7-2/h61-64,69H,6-60H2,1-5H3,(H,74,75)(H,76,77)/t61?,62-,63+,64+/m0/s1. The maximum Gasteiger partial charge on any atom is 0.472 e. The molecule has 0 aliphatic rings. The largest absolute Gasteiger partial charge is 0.472 e. The van der Waals surface area contributed by atoms with E-state index in [0.29, 0.717) is 25.7 Å². The highest BCUT2D eigenvalue weighted by molar-refractivity contribution is 7.47. The summed E-state index contributed by atoms with van der Waals surface area (Å²) in [5.41, 5.74) is 0. The van der Waals surface area contributed by atoms with Crippen molar-refractivity contribution in [2.24, 2.45) is 5.92 Å². The fourth-order valence-corrected chi connectivity index (χ4v) is 11.8. The van der Waals surface area contributed by atoms with Crippen LogP contribution in [0.3, 0.4) is 0 Å². The molecule has 3 unspecified atom stereocenters. The molecule has 0 amide bonds. The highest BCUT2D eigenvalue weighted by Gasteiger charge is 2.30. The summed E-state index contributed by atoms with van der Waals surface area (Å²) in [6, 6.07) is 0. The van der Waals surface area contributed by atoms with Crippen LogP contribution in [0, 0.1) is 5.92 Å². The van der Waals surface area contributed by atoms with Crippen molar-refractivity contribution in [1.29, 1.82) is 0 Å². The number of ether oxygens (including phenoxy) is 4. The minimum Gasteiger partial charge on any atom is -0.462 e. The molecule has 3 N–H and O–H groups in total. The smallest absolute Gasteiger partial charge is 0.462 e. The molecule has 0 spiro atoms. The van der Waals surface area contributed by atoms with Gasteiger partial charge in [-0.1, -0.05) is 298 Å². The predicted octanol–water partition coefficient (Wildman–Crippen LogP) is 19.4. The third-order valence-electron chi connectivity index (χ3n) is 16.1. The maximum absolute atomic E-state index is 13.0. The van der Waals surface area contributed by atoms with Crippen LogP contribution in [0.5, 0.6) is 0 Å². The van der Waals surface area contributed by atoms with Gasteiger partial charge in [0.15, 0.2) is 12.2 Å². The minimum atomic E-state index is -4.95. The molecular formula is C68H132O17P2. The molecule has 0 bridgehead atoms. The van der Waals surface area contributed by atoms with E-state index >= 15 is 0 Å². The van der Waals surface area contributed by atoms with Crippen molar-refractivity contribution in [3.05, 3.63) is 0 Å². The first-order chi connectivity index (χ1) is 42.1. The van der Waals surface area contributed by atoms with Crippen molar-refractivity contribution < 1.29 is 80.2 Å². The second-order valence-electron chi connectivity index (χ2n) is 24.8. The van der Waals surface area contributed by atoms with Crippen LogP contribution in [0.1, 0.15) is 349 Å². The lowest BCUT2D eigenvalue weighted by Gasteiger charge is -2.21. The minimum absolute atomic E-state index is 0.107. The molecule has 0 aromatic carbocycles. The van der Waals surface area contributed by atoms with E-state index in [4.69, 9.17) is 37.0 Å². The van der Waals surface area contributed by atoms with Crippen LogP contribution < -0.4 is 0 Å². The Balaban J connectivity index is 5.24. The third-order valence-corrected chi connectivity index (χ3v) is 18.0. The molecule has 0 aliphatic heterocycles. The Kier molecular flexibility index (Phi) is 60.2. The van der Waals surface area contributed by atoms with E-state index < -0.39 is 97.5 Å². The Morgan fingerprint density at radius 1 is 0.322 bits per heavy atom. The Hall–Kier alpha value is -1.94. The Labute approximate surface area is 530 Å². The summed E-state index contributed by atoms with van der Waals surface area (Å²) in [6.45, 7) is 7.22. The van der Waals surface area contributed by atoms with Crippen molar-refractivity contribution in [3.63, 3.8) is 0 Å². The van der Waals surface area contributed by atoms with Crippen LogP contribution in [0.15, 0.2) is 0 Å². The van der Waals surface area contributed by atoms with Gasteiger partial charge in [-0.25, -0.2) is 9.13 Å². The predicted molar refractivity (Wildman–Crippen MR) is 349 cm³/mol. The number of carbonyl (C=O) groups excluding carboxylic acids is 4. The highest BCUT2D eigenvalue weighted by atomic mass is 31.2. The zero-order valence-electron chi connectivity index (χ0n) is 56.2. The van der Waals surface area contributed by atoms with Crippen molar-refractivity contribution >= 4 is 39.5 Å². The number of rotatable bonds is 68. The number of hydrogen-bond donors (Lipinski definition) is 3. The van der Waals surface area contributed by atoms with Crippen molar-refractivity contribution in [3.8, 4) is 0 Å². The number of unbranched alkanes of at least 4 members (excludes halogenated alkanes) is 39. The number of aliphatic hydroxyl groups excluding tert-OH is 1. The Morgan fingerprint density at radius 2 is 0.552 bits per heavy atom. The Bertz CT molecular complexity index is 1690. The molecule has 0 aromatic rings. The first kappa shape index (κ1) is 85.1. The summed E-state index contributed by atoms with van der Waals surface area (Å²) in [5.74, 6) is -1.35. The zero-order valence-corrected chi connectivity index (χ0v) is 57.9. The number of aliphatic hydroxyl groups is 1. The number of esters is 4. The lowest BCUT2D eigenvalue weighted by atomic mass is 9.99. The molecule has 87 heavy (non-hydrogen) atoms. The lowest BCUT2D eigenvalue weighted by molar-refractivity contribution is -0.161. The van der Waals surface area contributed by atoms with Gasteiger partial charge in [0.05, 0.1) is 26.4 Å². The van der Waals surface area contributed by atoms with E-state index in [1.807, 2.05) is 0 Å². The van der Waals surface area contributed by atoms with Crippen molar-refractivity contribution in [1.82, 2.24) is 0 Å². The SMILES string of the molecule is CCCCCCCCCCCCCCCCC(=O)O[C@H](COC(=O)CCCCCCCCCCC(C)CC)COP(=O)(O)OC[C@@H](O)COP(=O)(O)OC[C@@H](COC(=O)CCCCCCCCCCC)OC(=O)CCCCCCCCCCCCCC. The van der Waals surface area contributed by atoms with Gasteiger partial charge < -0.3 is 33.8 Å². The summed E-state index contributed by atoms with van der Waals surface area (Å²) in [6.07, 6.45) is 47.0. The fraction of sp³-hybridized carbons (Fsp3) is 0.941. The topological polar surface area (TPSA) is 237 Å². The molecule has 0 saturated carbocycles. The maximum atomic E-state index is 13.0. The molecule has 0 aliphatic carbocycles. The first-order valence-corrected chi connectivity index (χ1v) is 38.7. The normalized spacial score (nSPS) is 14.4. The molecule has 0 rings (SSSR count). The van der Waals surface area contributed by atoms with E-state index in [2.05, 4.69) is 34.6 Å². The molecule has 0 saturated heterocycles. The van der Waals surface area contributed by atoms with Gasteiger partial charge in [-0.2, -0.15) is 0 Å². The molecule has 0 radical (unpaired) electrons. The fourth-order valence-electron chi connectivity index (χ4n) is 10.3. The number of carbonyl (C=O) groups is 4. The molecular weight excluding hydrogens is 1150 g/mol. The molecule has 516 valence electrons. The van der Waals surface area contributed by atoms with Crippen LogP contribution in [-0.4, -0.2) is 96.7 Å². The molecule has 19 heteroatoms. The second kappa shape index (κ2) is 61.6. The van der Waals surface area contributed by atoms with Gasteiger partial charge in [0, 0.05) is 25.7 Å². The van der Waals surface area contributed by atoms with Gasteiger partial charge >= 0.3 is 39.5 Å². The third kappa shape index (κ3) is 61.3. The number of phosphoric ester groups is 2.